The highest BCUT2D eigenvalue weighted by Crippen LogP contribution is 2.25. The summed E-state index contributed by atoms with van der Waals surface area (Å²) < 4.78 is 3.02. The fourth-order valence-electron chi connectivity index (χ4n) is 2.21. The predicted octanol–water partition coefficient (Wildman–Crippen LogP) is 4.78. The SMILES string of the molecule is O=C(Cn1cc(Cl)c2ccccc21)c1ccc(I)cc1. The number of ketones is 1. The van der Waals surface area contributed by atoms with Gasteiger partial charge < -0.3 is 4.57 Å². The van der Waals surface area contributed by atoms with Gasteiger partial charge in [0.05, 0.1) is 11.6 Å². The molecule has 0 aliphatic rings. The average molecular weight is 396 g/mol. The van der Waals surface area contributed by atoms with Crippen LogP contribution in [-0.4, -0.2) is 10.4 Å². The van der Waals surface area contributed by atoms with Crippen molar-refractivity contribution in [1.29, 1.82) is 0 Å². The molecule has 0 amide bonds. The normalized spacial score (nSPS) is 10.9. The van der Waals surface area contributed by atoms with Crippen molar-refractivity contribution in [2.24, 2.45) is 0 Å². The highest BCUT2D eigenvalue weighted by molar-refractivity contribution is 14.1. The second-order valence-electron chi connectivity index (χ2n) is 4.55. The highest BCUT2D eigenvalue weighted by Gasteiger charge is 2.11. The molecular formula is C16H11ClINO. The number of carbonyl (C=O) groups is 1. The van der Waals surface area contributed by atoms with Crippen LogP contribution in [0.5, 0.6) is 0 Å². The zero-order valence-electron chi connectivity index (χ0n) is 10.5. The van der Waals surface area contributed by atoms with Crippen molar-refractivity contribution in [2.45, 2.75) is 6.54 Å². The maximum Gasteiger partial charge on any atom is 0.182 e. The molecule has 0 radical (unpaired) electrons. The molecule has 0 saturated carbocycles. The Morgan fingerprint density at radius 1 is 1.10 bits per heavy atom. The van der Waals surface area contributed by atoms with Gasteiger partial charge in [0.2, 0.25) is 0 Å². The van der Waals surface area contributed by atoms with E-state index < -0.39 is 0 Å². The molecule has 2 nitrogen and oxygen atoms in total. The fourth-order valence-corrected chi connectivity index (χ4v) is 2.85. The molecular weight excluding hydrogens is 385 g/mol. The van der Waals surface area contributed by atoms with Crippen LogP contribution in [0, 0.1) is 3.57 Å². The molecule has 20 heavy (non-hydrogen) atoms. The highest BCUT2D eigenvalue weighted by atomic mass is 127. The van der Waals surface area contributed by atoms with E-state index in [0.717, 1.165) is 20.0 Å². The number of Topliss-reactive ketones (excluding diaryl/α,β-unsaturated/α-hetero) is 1. The van der Waals surface area contributed by atoms with Crippen LogP contribution in [0.15, 0.2) is 54.7 Å². The number of rotatable bonds is 3. The van der Waals surface area contributed by atoms with Crippen molar-refractivity contribution >= 4 is 50.9 Å². The van der Waals surface area contributed by atoms with Crippen LogP contribution in [-0.2, 0) is 6.54 Å². The van der Waals surface area contributed by atoms with Crippen LogP contribution >= 0.6 is 34.2 Å². The fraction of sp³-hybridized carbons (Fsp3) is 0.0625. The van der Waals surface area contributed by atoms with Gasteiger partial charge in [-0.2, -0.15) is 0 Å². The van der Waals surface area contributed by atoms with Gasteiger partial charge in [-0.05, 0) is 40.8 Å². The lowest BCUT2D eigenvalue weighted by atomic mass is 10.1. The van der Waals surface area contributed by atoms with Crippen LogP contribution in [0.4, 0.5) is 0 Å². The van der Waals surface area contributed by atoms with Gasteiger partial charge in [0.1, 0.15) is 0 Å². The van der Waals surface area contributed by atoms with Crippen LogP contribution < -0.4 is 0 Å². The van der Waals surface area contributed by atoms with Crippen molar-refractivity contribution in [2.75, 3.05) is 0 Å². The molecule has 0 bridgehead atoms. The number of benzene rings is 2. The van der Waals surface area contributed by atoms with Gasteiger partial charge in [-0.1, -0.05) is 41.9 Å². The molecule has 0 fully saturated rings. The van der Waals surface area contributed by atoms with Gasteiger partial charge >= 0.3 is 0 Å². The zero-order valence-corrected chi connectivity index (χ0v) is 13.4. The number of carbonyl (C=O) groups excluding carboxylic acids is 1. The summed E-state index contributed by atoms with van der Waals surface area (Å²) in [5, 5.41) is 1.65. The van der Waals surface area contributed by atoms with E-state index in [1.54, 1.807) is 0 Å². The van der Waals surface area contributed by atoms with Gasteiger partial charge in [-0.25, -0.2) is 0 Å². The average Bonchev–Trinajstić information content (AvgIpc) is 2.77. The van der Waals surface area contributed by atoms with Gasteiger partial charge in [-0.3, -0.25) is 4.79 Å². The summed E-state index contributed by atoms with van der Waals surface area (Å²) in [5.41, 5.74) is 1.70. The number of aromatic nitrogens is 1. The first-order valence-corrected chi connectivity index (χ1v) is 7.63. The molecule has 100 valence electrons. The van der Waals surface area contributed by atoms with Crippen LogP contribution in [0.3, 0.4) is 0 Å². The van der Waals surface area contributed by atoms with Crippen molar-refractivity contribution in [3.8, 4) is 0 Å². The van der Waals surface area contributed by atoms with E-state index in [4.69, 9.17) is 11.6 Å². The largest absolute Gasteiger partial charge is 0.338 e. The molecule has 1 heterocycles. The predicted molar refractivity (Wildman–Crippen MR) is 90.4 cm³/mol. The third kappa shape index (κ3) is 2.60. The Labute approximate surface area is 135 Å². The third-order valence-corrected chi connectivity index (χ3v) is 4.24. The van der Waals surface area contributed by atoms with Crippen LogP contribution in [0.1, 0.15) is 10.4 Å². The van der Waals surface area contributed by atoms with E-state index in [9.17, 15) is 4.79 Å². The lowest BCUT2D eigenvalue weighted by Crippen LogP contribution is -2.09. The molecule has 2 aromatic carbocycles. The van der Waals surface area contributed by atoms with E-state index in [1.807, 2.05) is 59.3 Å². The van der Waals surface area contributed by atoms with Crippen LogP contribution in [0.2, 0.25) is 5.02 Å². The first-order valence-electron chi connectivity index (χ1n) is 6.17. The van der Waals surface area contributed by atoms with Gasteiger partial charge in [0.15, 0.2) is 5.78 Å². The molecule has 0 aliphatic heterocycles. The number of hydrogen-bond donors (Lipinski definition) is 0. The lowest BCUT2D eigenvalue weighted by Gasteiger charge is -2.05. The quantitative estimate of drug-likeness (QED) is 0.462. The van der Waals surface area contributed by atoms with E-state index in [0.29, 0.717) is 11.6 Å². The standard InChI is InChI=1S/C16H11ClINO/c17-14-9-19(15-4-2-1-3-13(14)15)10-16(20)11-5-7-12(18)8-6-11/h1-9H,10H2. The number of halogens is 2. The third-order valence-electron chi connectivity index (χ3n) is 3.22. The Hall–Kier alpha value is -1.33. The molecule has 0 aliphatic carbocycles. The Morgan fingerprint density at radius 2 is 1.80 bits per heavy atom. The molecule has 0 N–H and O–H groups in total. The Kier molecular flexibility index (Phi) is 3.81. The molecule has 0 saturated heterocycles. The molecule has 0 spiro atoms. The first kappa shape index (κ1) is 13.6. The summed E-state index contributed by atoms with van der Waals surface area (Å²) in [4.78, 5) is 12.3. The Bertz CT molecular complexity index is 777. The number of para-hydroxylation sites is 1. The topological polar surface area (TPSA) is 22.0 Å². The van der Waals surface area contributed by atoms with Gasteiger partial charge in [-0.15, -0.1) is 0 Å². The maximum absolute atomic E-state index is 12.3. The minimum Gasteiger partial charge on any atom is -0.338 e. The maximum atomic E-state index is 12.3. The minimum absolute atomic E-state index is 0.0822. The second kappa shape index (κ2) is 5.58. The zero-order chi connectivity index (χ0) is 14.1. The number of hydrogen-bond acceptors (Lipinski definition) is 1. The Balaban J connectivity index is 1.93. The summed E-state index contributed by atoms with van der Waals surface area (Å²) in [6.45, 7) is 0.299. The summed E-state index contributed by atoms with van der Waals surface area (Å²) in [6.07, 6.45) is 1.82. The summed E-state index contributed by atoms with van der Waals surface area (Å²) >= 11 is 8.42. The van der Waals surface area contributed by atoms with E-state index in [2.05, 4.69) is 22.6 Å². The van der Waals surface area contributed by atoms with Crippen molar-refractivity contribution < 1.29 is 4.79 Å². The van der Waals surface area contributed by atoms with E-state index >= 15 is 0 Å². The van der Waals surface area contributed by atoms with Crippen molar-refractivity contribution in [3.05, 3.63) is 68.9 Å². The Morgan fingerprint density at radius 3 is 2.55 bits per heavy atom. The minimum atomic E-state index is 0.0822. The molecule has 3 aromatic rings. The van der Waals surface area contributed by atoms with Crippen LogP contribution in [0.25, 0.3) is 10.9 Å². The van der Waals surface area contributed by atoms with Crippen molar-refractivity contribution in [1.82, 2.24) is 4.57 Å². The number of nitrogens with zero attached hydrogens (tertiary/aromatic N) is 1. The molecule has 1 aromatic heterocycles. The second-order valence-corrected chi connectivity index (χ2v) is 6.20. The van der Waals surface area contributed by atoms with Gasteiger partial charge in [0.25, 0.3) is 0 Å². The summed E-state index contributed by atoms with van der Waals surface area (Å²) in [6, 6.07) is 15.4. The summed E-state index contributed by atoms with van der Waals surface area (Å²) in [7, 11) is 0. The van der Waals surface area contributed by atoms with E-state index in [-0.39, 0.29) is 5.78 Å². The lowest BCUT2D eigenvalue weighted by molar-refractivity contribution is 0.0973. The summed E-state index contributed by atoms with van der Waals surface area (Å²) in [5.74, 6) is 0.0822. The smallest absolute Gasteiger partial charge is 0.182 e. The molecule has 0 atom stereocenters. The number of fused-ring (bicyclic) bond motifs is 1. The molecule has 0 unspecified atom stereocenters. The van der Waals surface area contributed by atoms with Gasteiger partial charge in [0, 0.05) is 26.2 Å². The van der Waals surface area contributed by atoms with E-state index in [1.165, 1.54) is 0 Å². The van der Waals surface area contributed by atoms with Crippen molar-refractivity contribution in [3.63, 3.8) is 0 Å². The molecule has 4 heteroatoms. The molecule has 3 rings (SSSR count). The first-order chi connectivity index (χ1) is 9.65. The monoisotopic (exact) mass is 395 g/mol.